The van der Waals surface area contributed by atoms with Crippen molar-refractivity contribution in [3.05, 3.63) is 42.2 Å². The van der Waals surface area contributed by atoms with Crippen LogP contribution in [0, 0.1) is 0 Å². The lowest BCUT2D eigenvalue weighted by molar-refractivity contribution is 0.171. The van der Waals surface area contributed by atoms with E-state index in [2.05, 4.69) is 53.3 Å². The summed E-state index contributed by atoms with van der Waals surface area (Å²) in [5, 5.41) is 3.53. The average molecular weight is 311 g/mol. The maximum Gasteiger partial charge on any atom is 0.163 e. The number of pyridine rings is 1. The Morgan fingerprint density at radius 2 is 1.83 bits per heavy atom. The Labute approximate surface area is 136 Å². The van der Waals surface area contributed by atoms with E-state index in [0.717, 1.165) is 36.0 Å². The summed E-state index contributed by atoms with van der Waals surface area (Å²) in [5.74, 6) is 1.65. The summed E-state index contributed by atoms with van der Waals surface area (Å²) in [6.45, 7) is 7.43. The second-order valence-corrected chi connectivity index (χ2v) is 6.62. The number of ether oxygens (including phenoxy) is 2. The molecule has 0 unspecified atom stereocenters. The molecule has 0 saturated heterocycles. The maximum atomic E-state index is 5.77. The Morgan fingerprint density at radius 1 is 1.13 bits per heavy atom. The summed E-state index contributed by atoms with van der Waals surface area (Å²) in [7, 11) is 0. The van der Waals surface area contributed by atoms with Gasteiger partial charge in [0.2, 0.25) is 0 Å². The van der Waals surface area contributed by atoms with Gasteiger partial charge in [-0.15, -0.1) is 0 Å². The van der Waals surface area contributed by atoms with Crippen LogP contribution in [0.2, 0.25) is 0 Å². The molecule has 0 aliphatic carbocycles. The number of anilines is 2. The second kappa shape index (κ2) is 5.33. The van der Waals surface area contributed by atoms with Crippen LogP contribution >= 0.6 is 0 Å². The van der Waals surface area contributed by atoms with E-state index in [9.17, 15) is 0 Å². The van der Waals surface area contributed by atoms with Crippen LogP contribution in [0.3, 0.4) is 0 Å². The van der Waals surface area contributed by atoms with Gasteiger partial charge in [0.15, 0.2) is 11.5 Å². The summed E-state index contributed by atoms with van der Waals surface area (Å²) >= 11 is 0. The van der Waals surface area contributed by atoms with Crippen LogP contribution in [0.25, 0.3) is 0 Å². The molecular weight excluding hydrogens is 290 g/mol. The highest BCUT2D eigenvalue weighted by atomic mass is 16.6. The third kappa shape index (κ3) is 2.56. The van der Waals surface area contributed by atoms with E-state index in [1.165, 1.54) is 5.56 Å². The minimum Gasteiger partial charge on any atom is -0.486 e. The highest BCUT2D eigenvalue weighted by molar-refractivity contribution is 5.78. The van der Waals surface area contributed by atoms with Crippen molar-refractivity contribution in [1.82, 2.24) is 4.98 Å². The summed E-state index contributed by atoms with van der Waals surface area (Å²) < 4.78 is 11.5. The normalized spacial score (nSPS) is 18.1. The lowest BCUT2D eigenvalue weighted by Gasteiger charge is -2.46. The van der Waals surface area contributed by atoms with E-state index in [1.807, 2.05) is 12.4 Å². The first kappa shape index (κ1) is 14.2. The van der Waals surface area contributed by atoms with Gasteiger partial charge in [0.05, 0.1) is 16.9 Å². The van der Waals surface area contributed by atoms with Gasteiger partial charge in [-0.05, 0) is 31.5 Å². The van der Waals surface area contributed by atoms with Crippen LogP contribution in [0.15, 0.2) is 36.7 Å². The number of nitrogens with zero attached hydrogens (tertiary/aromatic N) is 2. The zero-order valence-corrected chi connectivity index (χ0v) is 13.5. The Balaban J connectivity index is 1.75. The largest absolute Gasteiger partial charge is 0.486 e. The highest BCUT2D eigenvalue weighted by Crippen LogP contribution is 2.44. The third-order valence-corrected chi connectivity index (χ3v) is 4.48. The van der Waals surface area contributed by atoms with Gasteiger partial charge in [0.25, 0.3) is 0 Å². The molecule has 0 spiro atoms. The molecule has 0 amide bonds. The topological polar surface area (TPSA) is 46.6 Å². The molecule has 2 aliphatic heterocycles. The fraction of sp³-hybridized carbons (Fsp3) is 0.389. The molecule has 2 aromatic rings. The van der Waals surface area contributed by atoms with Crippen molar-refractivity contribution >= 4 is 11.4 Å². The van der Waals surface area contributed by atoms with Crippen molar-refractivity contribution in [1.29, 1.82) is 0 Å². The second-order valence-electron chi connectivity index (χ2n) is 6.62. The Hall–Kier alpha value is -2.43. The van der Waals surface area contributed by atoms with E-state index in [1.54, 1.807) is 0 Å². The first-order chi connectivity index (χ1) is 11.1. The van der Waals surface area contributed by atoms with Gasteiger partial charge in [-0.2, -0.15) is 0 Å². The molecule has 5 heteroatoms. The fourth-order valence-electron chi connectivity index (χ4n) is 3.15. The van der Waals surface area contributed by atoms with Crippen molar-refractivity contribution < 1.29 is 9.47 Å². The number of rotatable bonds is 2. The predicted octanol–water partition coefficient (Wildman–Crippen LogP) is 3.06. The number of hydrogen-bond donors (Lipinski definition) is 1. The van der Waals surface area contributed by atoms with Gasteiger partial charge in [0.1, 0.15) is 13.2 Å². The van der Waals surface area contributed by atoms with Crippen LogP contribution < -0.4 is 19.7 Å². The van der Waals surface area contributed by atoms with Crippen LogP contribution in [-0.2, 0) is 6.54 Å². The first-order valence-electron chi connectivity index (χ1n) is 7.97. The van der Waals surface area contributed by atoms with Crippen molar-refractivity contribution in [2.45, 2.75) is 25.9 Å². The standard InChI is InChI=1S/C18H21N3O2/c1-18(2)12-20-14-9-16-17(23-8-7-22-16)10-15(14)21(18)11-13-3-5-19-6-4-13/h3-6,9-10,20H,7-8,11-12H2,1-2H3. The highest BCUT2D eigenvalue weighted by Gasteiger charge is 2.34. The van der Waals surface area contributed by atoms with Gasteiger partial charge in [-0.1, -0.05) is 0 Å². The quantitative estimate of drug-likeness (QED) is 0.923. The van der Waals surface area contributed by atoms with Gasteiger partial charge >= 0.3 is 0 Å². The SMILES string of the molecule is CC1(C)CNc2cc3c(cc2N1Cc1ccncc1)OCCO3. The van der Waals surface area contributed by atoms with E-state index < -0.39 is 0 Å². The van der Waals surface area contributed by atoms with Gasteiger partial charge < -0.3 is 19.7 Å². The number of fused-ring (bicyclic) bond motifs is 2. The van der Waals surface area contributed by atoms with E-state index in [4.69, 9.17) is 9.47 Å². The molecule has 0 fully saturated rings. The number of nitrogens with one attached hydrogen (secondary N) is 1. The Morgan fingerprint density at radius 3 is 2.57 bits per heavy atom. The van der Waals surface area contributed by atoms with Crippen LogP contribution in [0.4, 0.5) is 11.4 Å². The third-order valence-electron chi connectivity index (χ3n) is 4.48. The van der Waals surface area contributed by atoms with Crippen molar-refractivity contribution in [2.24, 2.45) is 0 Å². The molecular formula is C18H21N3O2. The first-order valence-corrected chi connectivity index (χ1v) is 7.97. The predicted molar refractivity (Wildman–Crippen MR) is 90.4 cm³/mol. The van der Waals surface area contributed by atoms with Crippen molar-refractivity contribution in [3.63, 3.8) is 0 Å². The monoisotopic (exact) mass is 311 g/mol. The number of benzene rings is 1. The molecule has 1 aromatic carbocycles. The summed E-state index contributed by atoms with van der Waals surface area (Å²) in [5.41, 5.74) is 3.50. The van der Waals surface area contributed by atoms with Gasteiger partial charge in [-0.25, -0.2) is 0 Å². The average Bonchev–Trinajstić information content (AvgIpc) is 2.57. The number of aromatic nitrogens is 1. The Bertz CT molecular complexity index is 716. The lowest BCUT2D eigenvalue weighted by atomic mass is 9.96. The maximum absolute atomic E-state index is 5.77. The zero-order valence-electron chi connectivity index (χ0n) is 13.5. The van der Waals surface area contributed by atoms with Crippen molar-refractivity contribution in [2.75, 3.05) is 30.0 Å². The molecule has 0 saturated carbocycles. The summed E-state index contributed by atoms with van der Waals surface area (Å²) in [6, 6.07) is 8.28. The van der Waals surface area contributed by atoms with E-state index >= 15 is 0 Å². The van der Waals surface area contributed by atoms with Crippen molar-refractivity contribution in [3.8, 4) is 11.5 Å². The molecule has 1 N–H and O–H groups in total. The Kier molecular flexibility index (Phi) is 3.29. The van der Waals surface area contributed by atoms with E-state index in [-0.39, 0.29) is 5.54 Å². The zero-order chi connectivity index (χ0) is 15.9. The molecule has 0 atom stereocenters. The molecule has 0 bridgehead atoms. The molecule has 23 heavy (non-hydrogen) atoms. The molecule has 1 aromatic heterocycles. The van der Waals surface area contributed by atoms with Crippen LogP contribution in [-0.4, -0.2) is 30.3 Å². The van der Waals surface area contributed by atoms with E-state index in [0.29, 0.717) is 13.2 Å². The molecule has 3 heterocycles. The number of hydrogen-bond acceptors (Lipinski definition) is 5. The minimum absolute atomic E-state index is 0.0000304. The lowest BCUT2D eigenvalue weighted by Crippen LogP contribution is -2.51. The van der Waals surface area contributed by atoms with Crippen LogP contribution in [0.1, 0.15) is 19.4 Å². The molecule has 120 valence electrons. The van der Waals surface area contributed by atoms with Crippen LogP contribution in [0.5, 0.6) is 11.5 Å². The summed E-state index contributed by atoms with van der Waals surface area (Å²) in [4.78, 5) is 6.53. The van der Waals surface area contributed by atoms with Gasteiger partial charge in [0, 0.05) is 37.6 Å². The fourth-order valence-corrected chi connectivity index (χ4v) is 3.15. The van der Waals surface area contributed by atoms with Gasteiger partial charge in [-0.3, -0.25) is 4.98 Å². The molecule has 0 radical (unpaired) electrons. The molecule has 2 aliphatic rings. The smallest absolute Gasteiger partial charge is 0.163 e. The molecule has 5 nitrogen and oxygen atoms in total. The molecule has 4 rings (SSSR count). The minimum atomic E-state index is 0.0000304. The summed E-state index contributed by atoms with van der Waals surface area (Å²) in [6.07, 6.45) is 3.69.